The minimum atomic E-state index is -0.297. The van der Waals surface area contributed by atoms with Crippen LogP contribution in [0.3, 0.4) is 0 Å². The fourth-order valence-electron chi connectivity index (χ4n) is 1.26. The molecule has 3 nitrogen and oxygen atoms in total. The summed E-state index contributed by atoms with van der Waals surface area (Å²) in [4.78, 5) is 11.0. The van der Waals surface area contributed by atoms with E-state index < -0.39 is 0 Å². The minimum Gasteiger partial charge on any atom is -0.463 e. The molecule has 0 amide bonds. The van der Waals surface area contributed by atoms with Crippen molar-refractivity contribution in [1.82, 2.24) is 0 Å². The first kappa shape index (κ1) is 10.6. The zero-order valence-corrected chi connectivity index (χ0v) is 8.27. The number of rotatable bonds is 3. The molecule has 0 aromatic carbocycles. The molecule has 1 rings (SSSR count). The number of carbonyl (C=O) groups excluding carboxylic acids is 1. The maximum atomic E-state index is 11.0. The average Bonchev–Trinajstić information content (AvgIpc) is 2.15. The zero-order chi connectivity index (χ0) is 10.4. The van der Waals surface area contributed by atoms with Gasteiger partial charge in [0.2, 0.25) is 0 Å². The Morgan fingerprint density at radius 1 is 1.79 bits per heavy atom. The van der Waals surface area contributed by atoms with Gasteiger partial charge in [0, 0.05) is 17.7 Å². The molecule has 0 radical (unpaired) electrons. The molecule has 0 aromatic heterocycles. The van der Waals surface area contributed by atoms with Gasteiger partial charge in [-0.3, -0.25) is 0 Å². The summed E-state index contributed by atoms with van der Waals surface area (Å²) >= 11 is 0. The van der Waals surface area contributed by atoms with Gasteiger partial charge in [0.25, 0.3) is 0 Å². The minimum absolute atomic E-state index is 0.212. The molecular weight excluding hydrogens is 178 g/mol. The van der Waals surface area contributed by atoms with E-state index in [2.05, 4.69) is 0 Å². The van der Waals surface area contributed by atoms with Crippen LogP contribution in [-0.2, 0) is 9.53 Å². The van der Waals surface area contributed by atoms with Crippen molar-refractivity contribution in [3.63, 3.8) is 0 Å². The van der Waals surface area contributed by atoms with E-state index in [1.54, 1.807) is 6.92 Å². The molecule has 0 bridgehead atoms. The number of hydrogen-bond donors (Lipinski definition) is 1. The predicted molar refractivity (Wildman–Crippen MR) is 55.3 cm³/mol. The second-order valence-electron chi connectivity index (χ2n) is 3.08. The van der Waals surface area contributed by atoms with Crippen molar-refractivity contribution in [2.45, 2.75) is 13.3 Å². The Morgan fingerprint density at radius 2 is 2.57 bits per heavy atom. The van der Waals surface area contributed by atoms with Crippen LogP contribution in [0.4, 0.5) is 0 Å². The molecule has 1 atom stereocenters. The van der Waals surface area contributed by atoms with Crippen molar-refractivity contribution in [2.24, 2.45) is 11.7 Å². The molecule has 0 saturated heterocycles. The second kappa shape index (κ2) is 5.27. The highest BCUT2D eigenvalue weighted by molar-refractivity contribution is 5.81. The van der Waals surface area contributed by atoms with Gasteiger partial charge in [0.05, 0.1) is 6.61 Å². The third-order valence-corrected chi connectivity index (χ3v) is 1.89. The van der Waals surface area contributed by atoms with E-state index in [1.807, 2.05) is 24.3 Å². The molecule has 0 saturated carbocycles. The van der Waals surface area contributed by atoms with Crippen LogP contribution in [0.2, 0.25) is 0 Å². The molecule has 1 aliphatic rings. The Balaban J connectivity index is 2.45. The molecule has 1 aliphatic carbocycles. The smallest absolute Gasteiger partial charge is 0.330 e. The summed E-state index contributed by atoms with van der Waals surface area (Å²) in [5, 5.41) is 0. The van der Waals surface area contributed by atoms with Crippen LogP contribution in [0.15, 0.2) is 36.1 Å². The highest BCUT2D eigenvalue weighted by Crippen LogP contribution is 2.15. The van der Waals surface area contributed by atoms with E-state index in [9.17, 15) is 4.79 Å². The summed E-state index contributed by atoms with van der Waals surface area (Å²) in [5.41, 5.74) is 6.36. The van der Waals surface area contributed by atoms with Gasteiger partial charge < -0.3 is 10.5 Å². The van der Waals surface area contributed by atoms with E-state index in [-0.39, 0.29) is 11.9 Å². The topological polar surface area (TPSA) is 52.3 Å². The molecule has 0 aromatic rings. The van der Waals surface area contributed by atoms with Crippen molar-refractivity contribution < 1.29 is 9.53 Å². The van der Waals surface area contributed by atoms with Gasteiger partial charge in [-0.25, -0.2) is 4.79 Å². The number of esters is 1. The normalized spacial score (nSPS) is 20.9. The number of hydrogen-bond acceptors (Lipinski definition) is 3. The maximum absolute atomic E-state index is 11.0. The fourth-order valence-corrected chi connectivity index (χ4v) is 1.26. The number of nitrogens with two attached hydrogens (primary N) is 1. The van der Waals surface area contributed by atoms with Crippen molar-refractivity contribution in [2.75, 3.05) is 6.61 Å². The molecule has 14 heavy (non-hydrogen) atoms. The molecular formula is C11H15NO2. The standard InChI is InChI=1S/C11H15NO2/c1-2-14-11(13)7-6-9-4-3-5-10(12)8-9/h3,5-9H,2,4,12H2,1H3/b7-6+. The van der Waals surface area contributed by atoms with Crippen molar-refractivity contribution in [1.29, 1.82) is 0 Å². The Hall–Kier alpha value is -1.51. The van der Waals surface area contributed by atoms with Gasteiger partial charge in [-0.1, -0.05) is 18.2 Å². The molecule has 2 N–H and O–H groups in total. The van der Waals surface area contributed by atoms with E-state index in [0.717, 1.165) is 12.1 Å². The van der Waals surface area contributed by atoms with Gasteiger partial charge in [-0.2, -0.15) is 0 Å². The van der Waals surface area contributed by atoms with Crippen LogP contribution in [0.25, 0.3) is 0 Å². The number of ether oxygens (including phenoxy) is 1. The summed E-state index contributed by atoms with van der Waals surface area (Å²) in [7, 11) is 0. The zero-order valence-electron chi connectivity index (χ0n) is 8.27. The summed E-state index contributed by atoms with van der Waals surface area (Å²) < 4.78 is 4.76. The Labute approximate surface area is 83.9 Å². The van der Waals surface area contributed by atoms with Gasteiger partial charge in [-0.15, -0.1) is 0 Å². The lowest BCUT2D eigenvalue weighted by Crippen LogP contribution is -2.05. The van der Waals surface area contributed by atoms with E-state index in [4.69, 9.17) is 10.5 Å². The van der Waals surface area contributed by atoms with Crippen molar-refractivity contribution in [3.05, 3.63) is 36.1 Å². The lowest BCUT2D eigenvalue weighted by molar-refractivity contribution is -0.137. The molecule has 3 heteroatoms. The molecule has 1 unspecified atom stereocenters. The summed E-state index contributed by atoms with van der Waals surface area (Å²) in [5.74, 6) is -0.0848. The average molecular weight is 193 g/mol. The first-order valence-electron chi connectivity index (χ1n) is 4.71. The molecule has 0 fully saturated rings. The molecule has 0 heterocycles. The Kier molecular flexibility index (Phi) is 3.98. The third-order valence-electron chi connectivity index (χ3n) is 1.89. The van der Waals surface area contributed by atoms with E-state index >= 15 is 0 Å². The Bertz CT molecular complexity index is 290. The number of allylic oxidation sites excluding steroid dienone is 4. The van der Waals surface area contributed by atoms with Crippen LogP contribution < -0.4 is 5.73 Å². The van der Waals surface area contributed by atoms with Crippen LogP contribution in [0, 0.1) is 5.92 Å². The van der Waals surface area contributed by atoms with E-state index in [0.29, 0.717) is 6.61 Å². The fraction of sp³-hybridized carbons (Fsp3) is 0.364. The van der Waals surface area contributed by atoms with Gasteiger partial charge in [0.1, 0.15) is 0 Å². The summed E-state index contributed by atoms with van der Waals surface area (Å²) in [6.07, 6.45) is 9.95. The highest BCUT2D eigenvalue weighted by Gasteiger charge is 2.04. The van der Waals surface area contributed by atoms with Crippen molar-refractivity contribution in [3.8, 4) is 0 Å². The molecule has 0 aliphatic heterocycles. The monoisotopic (exact) mass is 193 g/mol. The van der Waals surface area contributed by atoms with Crippen LogP contribution >= 0.6 is 0 Å². The maximum Gasteiger partial charge on any atom is 0.330 e. The second-order valence-corrected chi connectivity index (χ2v) is 3.08. The van der Waals surface area contributed by atoms with Gasteiger partial charge in [-0.05, 0) is 19.4 Å². The molecule has 0 spiro atoms. The summed E-state index contributed by atoms with van der Waals surface area (Å²) in [6, 6.07) is 0. The first-order chi connectivity index (χ1) is 6.72. The van der Waals surface area contributed by atoms with Crippen LogP contribution in [0.1, 0.15) is 13.3 Å². The third kappa shape index (κ3) is 3.47. The molecule has 76 valence electrons. The lowest BCUT2D eigenvalue weighted by Gasteiger charge is -2.09. The first-order valence-corrected chi connectivity index (χ1v) is 4.71. The lowest BCUT2D eigenvalue weighted by atomic mass is 9.99. The Morgan fingerprint density at radius 3 is 3.21 bits per heavy atom. The quantitative estimate of drug-likeness (QED) is 0.546. The highest BCUT2D eigenvalue weighted by atomic mass is 16.5. The van der Waals surface area contributed by atoms with Gasteiger partial charge in [0.15, 0.2) is 0 Å². The SMILES string of the molecule is CCOC(=O)/C=C/C1C=C(N)C=CC1. The summed E-state index contributed by atoms with van der Waals surface area (Å²) in [6.45, 7) is 2.19. The van der Waals surface area contributed by atoms with Crippen LogP contribution in [0.5, 0.6) is 0 Å². The van der Waals surface area contributed by atoms with Crippen LogP contribution in [-0.4, -0.2) is 12.6 Å². The largest absolute Gasteiger partial charge is 0.463 e. The number of carbonyl (C=O) groups is 1. The van der Waals surface area contributed by atoms with Crippen molar-refractivity contribution >= 4 is 5.97 Å². The van der Waals surface area contributed by atoms with Gasteiger partial charge >= 0.3 is 5.97 Å². The van der Waals surface area contributed by atoms with E-state index in [1.165, 1.54) is 6.08 Å². The predicted octanol–water partition coefficient (Wildman–Crippen LogP) is 1.52.